The van der Waals surface area contributed by atoms with Gasteiger partial charge in [-0.05, 0) is 12.1 Å². The van der Waals surface area contributed by atoms with Crippen LogP contribution in [0.3, 0.4) is 0 Å². The van der Waals surface area contributed by atoms with Crippen LogP contribution in [0.5, 0.6) is 0 Å². The van der Waals surface area contributed by atoms with Gasteiger partial charge in [0.2, 0.25) is 5.95 Å². The molecule has 0 saturated carbocycles. The molecule has 3 aromatic rings. The van der Waals surface area contributed by atoms with E-state index >= 15 is 0 Å². The molecule has 0 unspecified atom stereocenters. The fourth-order valence-electron chi connectivity index (χ4n) is 2.93. The molecule has 0 spiro atoms. The Morgan fingerprint density at radius 1 is 1.22 bits per heavy atom. The number of benzene rings is 1. The van der Waals surface area contributed by atoms with E-state index in [9.17, 15) is 9.90 Å². The van der Waals surface area contributed by atoms with E-state index < -0.39 is 0 Å². The molecule has 8 heteroatoms. The Balaban J connectivity index is 1.85. The third-order valence-corrected chi connectivity index (χ3v) is 4.06. The molecule has 118 valence electrons. The van der Waals surface area contributed by atoms with E-state index in [1.54, 1.807) is 6.07 Å². The van der Waals surface area contributed by atoms with E-state index in [1.807, 2.05) is 27.8 Å². The van der Waals surface area contributed by atoms with Crippen molar-refractivity contribution in [2.75, 3.05) is 18.1 Å². The van der Waals surface area contributed by atoms with Gasteiger partial charge in [0.15, 0.2) is 0 Å². The van der Waals surface area contributed by atoms with Gasteiger partial charge < -0.3 is 10.0 Å². The minimum Gasteiger partial charge on any atom is -0.395 e. The van der Waals surface area contributed by atoms with Crippen LogP contribution in [0.25, 0.3) is 10.9 Å². The topological polar surface area (TPSA) is 89.1 Å². The molecule has 0 bridgehead atoms. The first-order valence-electron chi connectivity index (χ1n) is 7.50. The summed E-state index contributed by atoms with van der Waals surface area (Å²) < 4.78 is 3.39. The molecule has 0 amide bonds. The van der Waals surface area contributed by atoms with Gasteiger partial charge in [-0.2, -0.15) is 5.10 Å². The molecule has 0 atom stereocenters. The highest BCUT2D eigenvalue weighted by Crippen LogP contribution is 2.19. The predicted octanol–water partition coefficient (Wildman–Crippen LogP) is 0.000500. The number of hydrogen-bond acceptors (Lipinski definition) is 6. The molecule has 1 N–H and O–H groups in total. The van der Waals surface area contributed by atoms with E-state index in [1.165, 1.54) is 10.9 Å². The first-order chi connectivity index (χ1) is 11.3. The average Bonchev–Trinajstić information content (AvgIpc) is 3.05. The van der Waals surface area contributed by atoms with Crippen LogP contribution >= 0.6 is 0 Å². The average molecular weight is 312 g/mol. The van der Waals surface area contributed by atoms with Gasteiger partial charge in [-0.15, -0.1) is 0 Å². The van der Waals surface area contributed by atoms with Crippen LogP contribution in [0.1, 0.15) is 5.82 Å². The van der Waals surface area contributed by atoms with Crippen molar-refractivity contribution in [3.05, 3.63) is 46.8 Å². The summed E-state index contributed by atoms with van der Waals surface area (Å²) in [6.45, 7) is 2.02. The summed E-state index contributed by atoms with van der Waals surface area (Å²) in [6.07, 6.45) is 1.54. The zero-order valence-electron chi connectivity index (χ0n) is 12.5. The van der Waals surface area contributed by atoms with Crippen LogP contribution in [0.2, 0.25) is 0 Å². The number of para-hydroxylation sites is 1. The number of nitrogens with zero attached hydrogens (tertiary/aromatic N) is 6. The molecule has 0 saturated heterocycles. The Morgan fingerprint density at radius 2 is 2.09 bits per heavy atom. The van der Waals surface area contributed by atoms with Gasteiger partial charge in [0.05, 0.1) is 37.1 Å². The van der Waals surface area contributed by atoms with Crippen molar-refractivity contribution in [2.45, 2.75) is 19.6 Å². The summed E-state index contributed by atoms with van der Waals surface area (Å²) in [7, 11) is 0. The predicted molar refractivity (Wildman–Crippen MR) is 84.2 cm³/mol. The highest BCUT2D eigenvalue weighted by molar-refractivity contribution is 5.78. The lowest BCUT2D eigenvalue weighted by Gasteiger charge is -2.29. The van der Waals surface area contributed by atoms with Crippen LogP contribution in [-0.4, -0.2) is 42.6 Å². The monoisotopic (exact) mass is 312 g/mol. The van der Waals surface area contributed by atoms with E-state index in [2.05, 4.69) is 15.1 Å². The van der Waals surface area contributed by atoms with Crippen LogP contribution in [0, 0.1) is 0 Å². The van der Waals surface area contributed by atoms with E-state index in [4.69, 9.17) is 0 Å². The van der Waals surface area contributed by atoms with Gasteiger partial charge in [0.1, 0.15) is 12.2 Å². The number of aliphatic hydroxyl groups excluding tert-OH is 1. The number of hydrogen-bond donors (Lipinski definition) is 1. The number of rotatable bonds is 3. The van der Waals surface area contributed by atoms with Crippen molar-refractivity contribution in [1.82, 2.24) is 24.3 Å². The molecule has 3 heterocycles. The quantitative estimate of drug-likeness (QED) is 0.732. The maximum absolute atomic E-state index is 12.7. The van der Waals surface area contributed by atoms with Gasteiger partial charge in [-0.25, -0.2) is 14.6 Å². The summed E-state index contributed by atoms with van der Waals surface area (Å²) >= 11 is 0. The summed E-state index contributed by atoms with van der Waals surface area (Å²) in [5, 5.41) is 14.1. The molecular weight excluding hydrogens is 296 g/mol. The van der Waals surface area contributed by atoms with Crippen LogP contribution in [0.15, 0.2) is 35.4 Å². The Kier molecular flexibility index (Phi) is 3.30. The fraction of sp³-hybridized carbons (Fsp3) is 0.333. The van der Waals surface area contributed by atoms with Crippen molar-refractivity contribution in [3.63, 3.8) is 0 Å². The molecule has 0 aliphatic carbocycles. The molecule has 1 aliphatic rings. The van der Waals surface area contributed by atoms with Gasteiger partial charge in [-0.3, -0.25) is 9.36 Å². The third kappa shape index (κ3) is 2.27. The fourth-order valence-corrected chi connectivity index (χ4v) is 2.93. The second-order valence-electron chi connectivity index (χ2n) is 5.43. The highest BCUT2D eigenvalue weighted by atomic mass is 16.3. The van der Waals surface area contributed by atoms with Crippen molar-refractivity contribution >= 4 is 16.9 Å². The van der Waals surface area contributed by atoms with Crippen molar-refractivity contribution < 1.29 is 5.11 Å². The lowest BCUT2D eigenvalue weighted by atomic mass is 10.2. The van der Waals surface area contributed by atoms with Gasteiger partial charge in [0.25, 0.3) is 5.56 Å². The maximum Gasteiger partial charge on any atom is 0.262 e. The molecular formula is C15H16N6O2. The number of aromatic nitrogens is 5. The second-order valence-corrected chi connectivity index (χ2v) is 5.43. The van der Waals surface area contributed by atoms with E-state index in [0.717, 1.165) is 5.82 Å². The number of fused-ring (bicyclic) bond motifs is 2. The zero-order chi connectivity index (χ0) is 15.8. The molecule has 8 nitrogen and oxygen atoms in total. The largest absolute Gasteiger partial charge is 0.395 e. The summed E-state index contributed by atoms with van der Waals surface area (Å²) in [5.41, 5.74) is 0.528. The number of anilines is 1. The molecule has 4 rings (SSSR count). The standard InChI is InChI=1S/C15H16N6O2/c22-8-7-20-14(23)11-3-1-2-4-12(11)18-15(20)19-5-6-21-13(9-19)16-10-17-21/h1-4,10,22H,5-9H2. The van der Waals surface area contributed by atoms with E-state index in [0.29, 0.717) is 36.5 Å². The second kappa shape index (κ2) is 5.47. The van der Waals surface area contributed by atoms with Crippen LogP contribution < -0.4 is 10.5 Å². The molecule has 23 heavy (non-hydrogen) atoms. The third-order valence-electron chi connectivity index (χ3n) is 4.06. The Labute approximate surface area is 131 Å². The Hall–Kier alpha value is -2.74. The molecule has 1 aromatic carbocycles. The van der Waals surface area contributed by atoms with Gasteiger partial charge in [0, 0.05) is 6.54 Å². The zero-order valence-corrected chi connectivity index (χ0v) is 12.5. The molecule has 0 radical (unpaired) electrons. The summed E-state index contributed by atoms with van der Waals surface area (Å²) in [5.74, 6) is 1.41. The Morgan fingerprint density at radius 3 is 2.96 bits per heavy atom. The lowest BCUT2D eigenvalue weighted by molar-refractivity contribution is 0.273. The van der Waals surface area contributed by atoms with Crippen molar-refractivity contribution in [1.29, 1.82) is 0 Å². The molecule has 0 fully saturated rings. The SMILES string of the molecule is O=c1c2ccccc2nc(N2CCn3ncnc3C2)n1CCO. The normalized spacial score (nSPS) is 14.2. The minimum atomic E-state index is -0.133. The first kappa shape index (κ1) is 13.9. The summed E-state index contributed by atoms with van der Waals surface area (Å²) in [6, 6.07) is 7.27. The smallest absolute Gasteiger partial charge is 0.262 e. The molecule has 2 aromatic heterocycles. The highest BCUT2D eigenvalue weighted by Gasteiger charge is 2.22. The van der Waals surface area contributed by atoms with Gasteiger partial charge in [-0.1, -0.05) is 12.1 Å². The first-order valence-corrected chi connectivity index (χ1v) is 7.50. The lowest BCUT2D eigenvalue weighted by Crippen LogP contribution is -2.39. The maximum atomic E-state index is 12.7. The summed E-state index contributed by atoms with van der Waals surface area (Å²) in [4.78, 5) is 23.6. The van der Waals surface area contributed by atoms with E-state index in [-0.39, 0.29) is 18.7 Å². The van der Waals surface area contributed by atoms with Crippen molar-refractivity contribution in [2.24, 2.45) is 0 Å². The van der Waals surface area contributed by atoms with Crippen LogP contribution in [-0.2, 0) is 19.6 Å². The number of aliphatic hydroxyl groups is 1. The Bertz CT molecular complexity index is 916. The molecule has 1 aliphatic heterocycles. The minimum absolute atomic E-state index is 0.114. The van der Waals surface area contributed by atoms with Crippen LogP contribution in [0.4, 0.5) is 5.95 Å². The van der Waals surface area contributed by atoms with Crippen molar-refractivity contribution in [3.8, 4) is 0 Å². The van der Waals surface area contributed by atoms with Gasteiger partial charge >= 0.3 is 0 Å².